The van der Waals surface area contributed by atoms with Crippen LogP contribution in [-0.4, -0.2) is 16.1 Å². The van der Waals surface area contributed by atoms with E-state index in [4.69, 9.17) is 10.00 Å². The molecule has 1 saturated carbocycles. The Hall–Kier alpha value is -1.63. The van der Waals surface area contributed by atoms with Crippen molar-refractivity contribution in [3.63, 3.8) is 0 Å². The van der Waals surface area contributed by atoms with Crippen LogP contribution < -0.4 is 4.74 Å². The van der Waals surface area contributed by atoms with Crippen LogP contribution in [0.4, 0.5) is 0 Å². The van der Waals surface area contributed by atoms with Crippen molar-refractivity contribution >= 4 is 0 Å². The topological polar surface area (TPSA) is 58.8 Å². The summed E-state index contributed by atoms with van der Waals surface area (Å²) in [6.07, 6.45) is 9.21. The van der Waals surface area contributed by atoms with E-state index >= 15 is 0 Å². The highest BCUT2D eigenvalue weighted by Crippen LogP contribution is 2.21. The fourth-order valence-electron chi connectivity index (χ4n) is 1.79. The van der Waals surface area contributed by atoms with Gasteiger partial charge in [0, 0.05) is 0 Å². The SMILES string of the molecule is N#Cc1cnc(OC2CCCCC2)cn1. The van der Waals surface area contributed by atoms with E-state index in [1.807, 2.05) is 6.07 Å². The first-order chi connectivity index (χ1) is 7.38. The number of ether oxygens (including phenoxy) is 1. The molecule has 0 radical (unpaired) electrons. The minimum atomic E-state index is 0.279. The van der Waals surface area contributed by atoms with Crippen molar-refractivity contribution in [2.75, 3.05) is 0 Å². The molecule has 0 atom stereocenters. The van der Waals surface area contributed by atoms with E-state index in [1.165, 1.54) is 31.7 Å². The van der Waals surface area contributed by atoms with E-state index < -0.39 is 0 Å². The van der Waals surface area contributed by atoms with E-state index in [2.05, 4.69) is 9.97 Å². The summed E-state index contributed by atoms with van der Waals surface area (Å²) in [4.78, 5) is 7.95. The van der Waals surface area contributed by atoms with Crippen LogP contribution in [0.15, 0.2) is 12.4 Å². The van der Waals surface area contributed by atoms with Gasteiger partial charge in [0.25, 0.3) is 0 Å². The summed E-state index contributed by atoms with van der Waals surface area (Å²) in [6.45, 7) is 0. The second kappa shape index (κ2) is 4.74. The Bertz CT molecular complexity index is 349. The molecule has 15 heavy (non-hydrogen) atoms. The van der Waals surface area contributed by atoms with Gasteiger partial charge >= 0.3 is 0 Å². The van der Waals surface area contributed by atoms with E-state index in [-0.39, 0.29) is 6.10 Å². The molecule has 1 aliphatic rings. The van der Waals surface area contributed by atoms with Crippen molar-refractivity contribution < 1.29 is 4.74 Å². The molecule has 1 fully saturated rings. The number of nitriles is 1. The normalized spacial score (nSPS) is 17.0. The fourth-order valence-corrected chi connectivity index (χ4v) is 1.79. The summed E-state index contributed by atoms with van der Waals surface area (Å²) in [6, 6.07) is 1.93. The molecule has 0 aliphatic heterocycles. The van der Waals surface area contributed by atoms with Crippen LogP contribution in [0.3, 0.4) is 0 Å². The Kier molecular flexibility index (Phi) is 3.13. The summed E-state index contributed by atoms with van der Waals surface area (Å²) >= 11 is 0. The van der Waals surface area contributed by atoms with Crippen LogP contribution in [0.25, 0.3) is 0 Å². The summed E-state index contributed by atoms with van der Waals surface area (Å²) < 4.78 is 5.67. The predicted molar refractivity (Wildman–Crippen MR) is 54.2 cm³/mol. The largest absolute Gasteiger partial charge is 0.473 e. The zero-order valence-corrected chi connectivity index (χ0v) is 8.52. The lowest BCUT2D eigenvalue weighted by Gasteiger charge is -2.21. The molecule has 0 amide bonds. The highest BCUT2D eigenvalue weighted by Gasteiger charge is 2.15. The summed E-state index contributed by atoms with van der Waals surface area (Å²) in [5.74, 6) is 0.529. The maximum Gasteiger partial charge on any atom is 0.232 e. The molecule has 4 nitrogen and oxygen atoms in total. The maximum atomic E-state index is 8.56. The number of nitrogens with zero attached hydrogens (tertiary/aromatic N) is 3. The van der Waals surface area contributed by atoms with Gasteiger partial charge in [-0.1, -0.05) is 6.42 Å². The van der Waals surface area contributed by atoms with Crippen molar-refractivity contribution in [1.29, 1.82) is 5.26 Å². The predicted octanol–water partition coefficient (Wildman–Crippen LogP) is 2.06. The van der Waals surface area contributed by atoms with Gasteiger partial charge in [0.1, 0.15) is 12.2 Å². The van der Waals surface area contributed by atoms with Crippen LogP contribution in [0.2, 0.25) is 0 Å². The second-order valence-corrected chi connectivity index (χ2v) is 3.73. The Balaban J connectivity index is 1.95. The Morgan fingerprint density at radius 2 is 2.00 bits per heavy atom. The van der Waals surface area contributed by atoms with E-state index in [1.54, 1.807) is 0 Å². The molecule has 1 heterocycles. The number of aromatic nitrogens is 2. The Morgan fingerprint density at radius 1 is 1.20 bits per heavy atom. The third-order valence-corrected chi connectivity index (χ3v) is 2.58. The third-order valence-electron chi connectivity index (χ3n) is 2.58. The molecule has 2 rings (SSSR count). The Labute approximate surface area is 88.9 Å². The maximum absolute atomic E-state index is 8.56. The zero-order chi connectivity index (χ0) is 10.5. The summed E-state index contributed by atoms with van der Waals surface area (Å²) in [5, 5.41) is 8.56. The number of rotatable bonds is 2. The van der Waals surface area contributed by atoms with Crippen LogP contribution in [-0.2, 0) is 0 Å². The molecule has 1 aliphatic carbocycles. The summed E-state index contributed by atoms with van der Waals surface area (Å²) in [5.41, 5.74) is 0.325. The minimum absolute atomic E-state index is 0.279. The van der Waals surface area contributed by atoms with Crippen LogP contribution in [0, 0.1) is 11.3 Å². The average Bonchev–Trinajstić information content (AvgIpc) is 2.31. The lowest BCUT2D eigenvalue weighted by molar-refractivity contribution is 0.148. The van der Waals surface area contributed by atoms with Crippen LogP contribution in [0.1, 0.15) is 37.8 Å². The minimum Gasteiger partial charge on any atom is -0.473 e. The van der Waals surface area contributed by atoms with Gasteiger partial charge in [0.05, 0.1) is 12.4 Å². The molecular formula is C11H13N3O. The van der Waals surface area contributed by atoms with Crippen molar-refractivity contribution in [3.05, 3.63) is 18.1 Å². The number of hydrogen-bond acceptors (Lipinski definition) is 4. The lowest BCUT2D eigenvalue weighted by Crippen LogP contribution is -2.20. The molecule has 0 unspecified atom stereocenters. The quantitative estimate of drug-likeness (QED) is 0.738. The molecule has 1 aromatic heterocycles. The average molecular weight is 203 g/mol. The molecule has 0 bridgehead atoms. The van der Waals surface area contributed by atoms with Gasteiger partial charge in [0.15, 0.2) is 5.69 Å². The van der Waals surface area contributed by atoms with Gasteiger partial charge in [0.2, 0.25) is 5.88 Å². The highest BCUT2D eigenvalue weighted by atomic mass is 16.5. The van der Waals surface area contributed by atoms with Gasteiger partial charge in [-0.25, -0.2) is 9.97 Å². The van der Waals surface area contributed by atoms with Gasteiger partial charge in [-0.3, -0.25) is 0 Å². The smallest absolute Gasteiger partial charge is 0.232 e. The standard InChI is InChI=1S/C11H13N3O/c12-6-9-7-14-11(8-13-9)15-10-4-2-1-3-5-10/h7-8,10H,1-5H2. The van der Waals surface area contributed by atoms with Gasteiger partial charge in [-0.05, 0) is 25.7 Å². The Morgan fingerprint density at radius 3 is 2.60 bits per heavy atom. The lowest BCUT2D eigenvalue weighted by atomic mass is 9.98. The fraction of sp³-hybridized carbons (Fsp3) is 0.545. The summed E-state index contributed by atoms with van der Waals surface area (Å²) in [7, 11) is 0. The monoisotopic (exact) mass is 203 g/mol. The molecular weight excluding hydrogens is 190 g/mol. The molecule has 1 aromatic rings. The second-order valence-electron chi connectivity index (χ2n) is 3.73. The van der Waals surface area contributed by atoms with E-state index in [9.17, 15) is 0 Å². The van der Waals surface area contributed by atoms with Crippen LogP contribution >= 0.6 is 0 Å². The van der Waals surface area contributed by atoms with Crippen molar-refractivity contribution in [3.8, 4) is 11.9 Å². The third kappa shape index (κ3) is 2.66. The van der Waals surface area contributed by atoms with E-state index in [0.29, 0.717) is 11.6 Å². The molecule has 0 saturated heterocycles. The zero-order valence-electron chi connectivity index (χ0n) is 8.52. The first-order valence-electron chi connectivity index (χ1n) is 5.27. The molecule has 78 valence electrons. The van der Waals surface area contributed by atoms with Crippen molar-refractivity contribution in [2.45, 2.75) is 38.2 Å². The number of hydrogen-bond donors (Lipinski definition) is 0. The molecule has 0 aromatic carbocycles. The van der Waals surface area contributed by atoms with Crippen molar-refractivity contribution in [1.82, 2.24) is 9.97 Å². The van der Waals surface area contributed by atoms with Gasteiger partial charge < -0.3 is 4.74 Å². The molecule has 0 spiro atoms. The highest BCUT2D eigenvalue weighted by molar-refractivity contribution is 5.18. The first kappa shape index (κ1) is 9.91. The van der Waals surface area contributed by atoms with Crippen molar-refractivity contribution in [2.24, 2.45) is 0 Å². The van der Waals surface area contributed by atoms with Crippen LogP contribution in [0.5, 0.6) is 5.88 Å². The van der Waals surface area contributed by atoms with E-state index in [0.717, 1.165) is 12.8 Å². The van der Waals surface area contributed by atoms with Gasteiger partial charge in [-0.15, -0.1) is 0 Å². The van der Waals surface area contributed by atoms with Gasteiger partial charge in [-0.2, -0.15) is 5.26 Å². The first-order valence-corrected chi connectivity index (χ1v) is 5.27. The molecule has 0 N–H and O–H groups in total. The molecule has 4 heteroatoms.